The molecular weight excluding hydrogens is 320 g/mol. The number of nitro groups is 1. The molecule has 1 aliphatic rings. The van der Waals surface area contributed by atoms with E-state index >= 15 is 0 Å². The lowest BCUT2D eigenvalue weighted by molar-refractivity contribution is -0.384. The Balaban J connectivity index is 1.35. The summed E-state index contributed by atoms with van der Waals surface area (Å²) < 4.78 is 6.10. The number of aromatic amines is 1. The zero-order valence-electron chi connectivity index (χ0n) is 13.6. The minimum Gasteiger partial charge on any atom is -0.489 e. The van der Waals surface area contributed by atoms with E-state index in [0.717, 1.165) is 48.3 Å². The minimum absolute atomic E-state index is 0.126. The maximum Gasteiger partial charge on any atom is 0.269 e. The van der Waals surface area contributed by atoms with Gasteiger partial charge in [-0.3, -0.25) is 20.1 Å². The van der Waals surface area contributed by atoms with Crippen LogP contribution >= 0.6 is 0 Å². The van der Waals surface area contributed by atoms with Crippen molar-refractivity contribution >= 4 is 16.6 Å². The van der Waals surface area contributed by atoms with Crippen LogP contribution in [0.25, 0.3) is 10.9 Å². The van der Waals surface area contributed by atoms with Crippen LogP contribution in [0.5, 0.6) is 5.75 Å². The molecule has 1 saturated heterocycles. The van der Waals surface area contributed by atoms with Crippen molar-refractivity contribution in [2.24, 2.45) is 0 Å². The number of rotatable bonds is 5. The normalized spacial score (nSPS) is 17.8. The summed E-state index contributed by atoms with van der Waals surface area (Å²) in [6, 6.07) is 12.7. The summed E-state index contributed by atoms with van der Waals surface area (Å²) in [5.41, 5.74) is 2.20. The third kappa shape index (κ3) is 3.46. The van der Waals surface area contributed by atoms with Gasteiger partial charge < -0.3 is 4.74 Å². The van der Waals surface area contributed by atoms with Gasteiger partial charge >= 0.3 is 0 Å². The van der Waals surface area contributed by atoms with Crippen LogP contribution in [0.3, 0.4) is 0 Å². The van der Waals surface area contributed by atoms with E-state index in [1.165, 1.54) is 0 Å². The predicted molar refractivity (Wildman–Crippen MR) is 93.5 cm³/mol. The number of hydrogen-bond acceptors (Lipinski definition) is 5. The zero-order chi connectivity index (χ0) is 17.2. The molecule has 2 aromatic carbocycles. The average Bonchev–Trinajstić information content (AvgIpc) is 3.24. The third-order valence-corrected chi connectivity index (χ3v) is 4.50. The van der Waals surface area contributed by atoms with Crippen molar-refractivity contribution in [2.75, 3.05) is 13.1 Å². The fraction of sp³-hybridized carbons (Fsp3) is 0.278. The number of nitrogens with one attached hydrogen (secondary N) is 1. The molecule has 0 unspecified atom stereocenters. The minimum atomic E-state index is -0.375. The molecule has 4 rings (SSSR count). The molecule has 0 spiro atoms. The van der Waals surface area contributed by atoms with Crippen LogP contribution in [0, 0.1) is 10.1 Å². The van der Waals surface area contributed by atoms with E-state index in [1.807, 2.05) is 30.3 Å². The molecule has 1 aliphatic heterocycles. The largest absolute Gasteiger partial charge is 0.489 e. The summed E-state index contributed by atoms with van der Waals surface area (Å²) in [7, 11) is 0. The second kappa shape index (κ2) is 6.52. The lowest BCUT2D eigenvalue weighted by Gasteiger charge is -2.17. The first-order chi connectivity index (χ1) is 12.2. The van der Waals surface area contributed by atoms with Gasteiger partial charge in [0.2, 0.25) is 0 Å². The Bertz CT molecular complexity index is 891. The number of fused-ring (bicyclic) bond motifs is 1. The van der Waals surface area contributed by atoms with Gasteiger partial charge in [0.25, 0.3) is 5.69 Å². The van der Waals surface area contributed by atoms with Gasteiger partial charge in [0.1, 0.15) is 11.9 Å². The Morgan fingerprint density at radius 1 is 1.28 bits per heavy atom. The Kier molecular flexibility index (Phi) is 4.07. The van der Waals surface area contributed by atoms with Crippen LogP contribution in [0.2, 0.25) is 0 Å². The molecule has 1 atom stereocenters. The highest BCUT2D eigenvalue weighted by Crippen LogP contribution is 2.23. The summed E-state index contributed by atoms with van der Waals surface area (Å²) in [5, 5.41) is 18.7. The molecule has 0 amide bonds. The van der Waals surface area contributed by atoms with Crippen LogP contribution in [-0.4, -0.2) is 39.2 Å². The fourth-order valence-electron chi connectivity index (χ4n) is 3.20. The van der Waals surface area contributed by atoms with Crippen molar-refractivity contribution in [1.82, 2.24) is 15.1 Å². The molecule has 0 aliphatic carbocycles. The van der Waals surface area contributed by atoms with Gasteiger partial charge in [0.05, 0.1) is 16.6 Å². The number of benzene rings is 2. The third-order valence-electron chi connectivity index (χ3n) is 4.50. The van der Waals surface area contributed by atoms with Gasteiger partial charge in [0.15, 0.2) is 0 Å². The quantitative estimate of drug-likeness (QED) is 0.571. The molecule has 1 aromatic heterocycles. The topological polar surface area (TPSA) is 84.3 Å². The second-order valence-corrected chi connectivity index (χ2v) is 6.31. The highest BCUT2D eigenvalue weighted by Gasteiger charge is 2.24. The van der Waals surface area contributed by atoms with Crippen LogP contribution in [0.15, 0.2) is 48.7 Å². The molecule has 0 bridgehead atoms. The van der Waals surface area contributed by atoms with Crippen molar-refractivity contribution in [3.63, 3.8) is 0 Å². The molecular formula is C18H18N4O3. The van der Waals surface area contributed by atoms with Crippen molar-refractivity contribution < 1.29 is 9.66 Å². The van der Waals surface area contributed by atoms with E-state index in [1.54, 1.807) is 18.3 Å². The Hall–Kier alpha value is -2.93. The molecule has 3 aromatic rings. The van der Waals surface area contributed by atoms with Crippen molar-refractivity contribution in [3.05, 3.63) is 64.3 Å². The molecule has 1 N–H and O–H groups in total. The number of hydrogen-bond donors (Lipinski definition) is 1. The standard InChI is InChI=1S/C18H18N4O3/c23-22(24)15-3-1-13(2-4-15)11-21-8-7-17(12-21)25-16-5-6-18-14(9-16)10-19-20-18/h1-6,9-10,17H,7-8,11-12H2,(H,19,20)/t17-/m0/s1. The van der Waals surface area contributed by atoms with E-state index in [-0.39, 0.29) is 16.7 Å². The Morgan fingerprint density at radius 2 is 2.12 bits per heavy atom. The summed E-state index contributed by atoms with van der Waals surface area (Å²) in [4.78, 5) is 12.6. The molecule has 0 radical (unpaired) electrons. The van der Waals surface area contributed by atoms with E-state index < -0.39 is 0 Å². The molecule has 0 saturated carbocycles. The molecule has 25 heavy (non-hydrogen) atoms. The van der Waals surface area contributed by atoms with Crippen molar-refractivity contribution in [3.8, 4) is 5.75 Å². The lowest BCUT2D eigenvalue weighted by atomic mass is 10.2. The molecule has 7 heteroatoms. The van der Waals surface area contributed by atoms with E-state index in [0.29, 0.717) is 0 Å². The summed E-state index contributed by atoms with van der Waals surface area (Å²) in [6.07, 6.45) is 2.91. The highest BCUT2D eigenvalue weighted by molar-refractivity contribution is 5.79. The van der Waals surface area contributed by atoms with Gasteiger partial charge in [-0.2, -0.15) is 5.10 Å². The van der Waals surface area contributed by atoms with E-state index in [9.17, 15) is 10.1 Å². The smallest absolute Gasteiger partial charge is 0.269 e. The molecule has 2 heterocycles. The summed E-state index contributed by atoms with van der Waals surface area (Å²) in [6.45, 7) is 2.58. The fourth-order valence-corrected chi connectivity index (χ4v) is 3.20. The summed E-state index contributed by atoms with van der Waals surface area (Å²) >= 11 is 0. The van der Waals surface area contributed by atoms with Crippen molar-refractivity contribution in [1.29, 1.82) is 0 Å². The number of ether oxygens (including phenoxy) is 1. The first-order valence-corrected chi connectivity index (χ1v) is 8.23. The molecule has 7 nitrogen and oxygen atoms in total. The number of non-ortho nitro benzene ring substituents is 1. The number of aromatic nitrogens is 2. The highest BCUT2D eigenvalue weighted by atomic mass is 16.6. The second-order valence-electron chi connectivity index (χ2n) is 6.31. The first kappa shape index (κ1) is 15.6. The van der Waals surface area contributed by atoms with Crippen molar-refractivity contribution in [2.45, 2.75) is 19.1 Å². The number of nitrogens with zero attached hydrogens (tertiary/aromatic N) is 3. The van der Waals surface area contributed by atoms with Gasteiger partial charge in [-0.05, 0) is 30.2 Å². The number of likely N-dealkylation sites (tertiary alicyclic amines) is 1. The lowest BCUT2D eigenvalue weighted by Crippen LogP contribution is -2.24. The van der Waals surface area contributed by atoms with Crippen LogP contribution < -0.4 is 4.74 Å². The van der Waals surface area contributed by atoms with Gasteiger partial charge in [-0.1, -0.05) is 12.1 Å². The SMILES string of the molecule is O=[N+]([O-])c1ccc(CN2CC[C@H](Oc3ccc4[nH]ncc4c3)C2)cc1. The van der Waals surface area contributed by atoms with Crippen LogP contribution in [0.1, 0.15) is 12.0 Å². The van der Waals surface area contributed by atoms with Crippen LogP contribution in [-0.2, 0) is 6.54 Å². The maximum absolute atomic E-state index is 10.7. The van der Waals surface area contributed by atoms with Crippen LogP contribution in [0.4, 0.5) is 5.69 Å². The van der Waals surface area contributed by atoms with Gasteiger partial charge in [-0.15, -0.1) is 0 Å². The Labute approximate surface area is 144 Å². The predicted octanol–water partition coefficient (Wildman–Crippen LogP) is 3.12. The number of nitro benzene ring substituents is 1. The maximum atomic E-state index is 10.7. The monoisotopic (exact) mass is 338 g/mol. The first-order valence-electron chi connectivity index (χ1n) is 8.23. The molecule has 1 fully saturated rings. The van der Waals surface area contributed by atoms with Gasteiger partial charge in [0, 0.05) is 37.2 Å². The van der Waals surface area contributed by atoms with E-state index in [2.05, 4.69) is 15.1 Å². The Morgan fingerprint density at radius 3 is 2.92 bits per heavy atom. The summed E-state index contributed by atoms with van der Waals surface area (Å²) in [5.74, 6) is 0.857. The van der Waals surface area contributed by atoms with Gasteiger partial charge in [-0.25, -0.2) is 0 Å². The average molecular weight is 338 g/mol. The molecule has 128 valence electrons. The zero-order valence-corrected chi connectivity index (χ0v) is 13.6. The number of H-pyrrole nitrogens is 1. The van der Waals surface area contributed by atoms with E-state index in [4.69, 9.17) is 4.74 Å².